The first-order valence-corrected chi connectivity index (χ1v) is 6.16. The first-order chi connectivity index (χ1) is 8.88. The molecule has 6 heteroatoms. The average molecular weight is 246 g/mol. The second kappa shape index (κ2) is 6.58. The molecule has 0 saturated carbocycles. The van der Waals surface area contributed by atoms with E-state index in [1.807, 2.05) is 23.0 Å². The molecule has 0 saturated heterocycles. The standard InChI is InChI=1S/C12H18N6/c1-2-5-14-12-15-7-4-11(17-12)13-8-10-18-9-3-6-16-18/h3-4,6-7,9H,2,5,8,10H2,1H3,(H2,13,14,15,17). The van der Waals surface area contributed by atoms with Gasteiger partial charge in [-0.25, -0.2) is 4.98 Å². The minimum absolute atomic E-state index is 0.668. The van der Waals surface area contributed by atoms with E-state index in [1.165, 1.54) is 0 Å². The van der Waals surface area contributed by atoms with E-state index in [0.29, 0.717) is 5.95 Å². The van der Waals surface area contributed by atoms with E-state index in [0.717, 1.165) is 31.9 Å². The zero-order valence-corrected chi connectivity index (χ0v) is 10.5. The maximum atomic E-state index is 4.37. The lowest BCUT2D eigenvalue weighted by molar-refractivity contribution is 0.637. The molecule has 0 aromatic carbocycles. The zero-order chi connectivity index (χ0) is 12.6. The molecule has 0 aliphatic heterocycles. The normalized spacial score (nSPS) is 10.3. The van der Waals surface area contributed by atoms with Gasteiger partial charge in [-0.15, -0.1) is 0 Å². The Balaban J connectivity index is 1.81. The lowest BCUT2D eigenvalue weighted by Gasteiger charge is -2.07. The molecule has 0 spiro atoms. The van der Waals surface area contributed by atoms with E-state index in [2.05, 4.69) is 32.6 Å². The van der Waals surface area contributed by atoms with Crippen LogP contribution in [0.5, 0.6) is 0 Å². The van der Waals surface area contributed by atoms with Crippen molar-refractivity contribution in [3.63, 3.8) is 0 Å². The Bertz CT molecular complexity index is 453. The first kappa shape index (κ1) is 12.3. The van der Waals surface area contributed by atoms with Crippen molar-refractivity contribution in [1.29, 1.82) is 0 Å². The molecule has 0 radical (unpaired) electrons. The Kier molecular flexibility index (Phi) is 4.52. The quantitative estimate of drug-likeness (QED) is 0.777. The van der Waals surface area contributed by atoms with Gasteiger partial charge in [0.15, 0.2) is 0 Å². The summed E-state index contributed by atoms with van der Waals surface area (Å²) in [5, 5.41) is 10.5. The van der Waals surface area contributed by atoms with Gasteiger partial charge >= 0.3 is 0 Å². The molecule has 6 nitrogen and oxygen atoms in total. The fourth-order valence-corrected chi connectivity index (χ4v) is 1.51. The molecule has 96 valence electrons. The highest BCUT2D eigenvalue weighted by Crippen LogP contribution is 2.05. The lowest BCUT2D eigenvalue weighted by Crippen LogP contribution is -2.12. The summed E-state index contributed by atoms with van der Waals surface area (Å²) in [6.45, 7) is 4.59. The van der Waals surface area contributed by atoms with Crippen molar-refractivity contribution in [3.8, 4) is 0 Å². The minimum atomic E-state index is 0.668. The maximum Gasteiger partial charge on any atom is 0.224 e. The van der Waals surface area contributed by atoms with Gasteiger partial charge in [-0.05, 0) is 18.6 Å². The van der Waals surface area contributed by atoms with Gasteiger partial charge in [-0.2, -0.15) is 10.1 Å². The van der Waals surface area contributed by atoms with Crippen LogP contribution in [0, 0.1) is 0 Å². The topological polar surface area (TPSA) is 67.7 Å². The number of nitrogens with zero attached hydrogens (tertiary/aromatic N) is 4. The van der Waals surface area contributed by atoms with Crippen LogP contribution in [0.3, 0.4) is 0 Å². The Labute approximate surface area is 106 Å². The summed E-state index contributed by atoms with van der Waals surface area (Å²) in [6.07, 6.45) is 6.52. The van der Waals surface area contributed by atoms with Gasteiger partial charge in [0.1, 0.15) is 5.82 Å². The van der Waals surface area contributed by atoms with Crippen molar-refractivity contribution in [1.82, 2.24) is 19.7 Å². The molecule has 2 heterocycles. The van der Waals surface area contributed by atoms with Crippen LogP contribution in [0.4, 0.5) is 11.8 Å². The molecule has 2 aromatic rings. The van der Waals surface area contributed by atoms with Gasteiger partial charge in [0.05, 0.1) is 6.54 Å². The molecule has 0 aliphatic rings. The monoisotopic (exact) mass is 246 g/mol. The number of aromatic nitrogens is 4. The largest absolute Gasteiger partial charge is 0.368 e. The molecule has 0 aliphatic carbocycles. The number of anilines is 2. The van der Waals surface area contributed by atoms with Gasteiger partial charge in [0.25, 0.3) is 0 Å². The SMILES string of the molecule is CCCNc1nccc(NCCn2cccn2)n1. The predicted octanol–water partition coefficient (Wildman–Crippen LogP) is 1.61. The van der Waals surface area contributed by atoms with Crippen molar-refractivity contribution in [3.05, 3.63) is 30.7 Å². The smallest absolute Gasteiger partial charge is 0.224 e. The zero-order valence-electron chi connectivity index (χ0n) is 10.5. The third-order valence-electron chi connectivity index (χ3n) is 2.39. The molecule has 2 rings (SSSR count). The van der Waals surface area contributed by atoms with Gasteiger partial charge in [-0.3, -0.25) is 4.68 Å². The van der Waals surface area contributed by atoms with Gasteiger partial charge in [-0.1, -0.05) is 6.92 Å². The average Bonchev–Trinajstić information content (AvgIpc) is 2.90. The lowest BCUT2D eigenvalue weighted by atomic mass is 10.5. The number of hydrogen-bond acceptors (Lipinski definition) is 5. The summed E-state index contributed by atoms with van der Waals surface area (Å²) in [5.74, 6) is 1.50. The van der Waals surface area contributed by atoms with Crippen molar-refractivity contribution in [2.24, 2.45) is 0 Å². The Hall–Kier alpha value is -2.11. The first-order valence-electron chi connectivity index (χ1n) is 6.16. The van der Waals surface area contributed by atoms with Crippen LogP contribution in [-0.4, -0.2) is 32.8 Å². The van der Waals surface area contributed by atoms with Gasteiger partial charge in [0, 0.05) is 31.7 Å². The second-order valence-electron chi connectivity index (χ2n) is 3.89. The van der Waals surface area contributed by atoms with Crippen LogP contribution < -0.4 is 10.6 Å². The minimum Gasteiger partial charge on any atom is -0.368 e. The van der Waals surface area contributed by atoms with E-state index < -0.39 is 0 Å². The van der Waals surface area contributed by atoms with E-state index in [9.17, 15) is 0 Å². The summed E-state index contributed by atoms with van der Waals surface area (Å²) < 4.78 is 1.88. The van der Waals surface area contributed by atoms with Gasteiger partial charge < -0.3 is 10.6 Å². The fraction of sp³-hybridized carbons (Fsp3) is 0.417. The van der Waals surface area contributed by atoms with Crippen LogP contribution in [-0.2, 0) is 6.54 Å². The van der Waals surface area contributed by atoms with Crippen LogP contribution in [0.15, 0.2) is 30.7 Å². The number of rotatable bonds is 7. The van der Waals surface area contributed by atoms with Crippen LogP contribution >= 0.6 is 0 Å². The second-order valence-corrected chi connectivity index (χ2v) is 3.89. The van der Waals surface area contributed by atoms with E-state index in [1.54, 1.807) is 12.4 Å². The third-order valence-corrected chi connectivity index (χ3v) is 2.39. The predicted molar refractivity (Wildman–Crippen MR) is 71.5 cm³/mol. The molecule has 2 N–H and O–H groups in total. The molecular formula is C12H18N6. The van der Waals surface area contributed by atoms with E-state index in [4.69, 9.17) is 0 Å². The Morgan fingerprint density at radius 1 is 1.22 bits per heavy atom. The summed E-state index contributed by atoms with van der Waals surface area (Å²) in [4.78, 5) is 8.52. The van der Waals surface area contributed by atoms with E-state index >= 15 is 0 Å². The summed E-state index contributed by atoms with van der Waals surface area (Å²) in [7, 11) is 0. The van der Waals surface area contributed by atoms with Gasteiger partial charge in [0.2, 0.25) is 5.95 Å². The molecule has 0 amide bonds. The van der Waals surface area contributed by atoms with Crippen molar-refractivity contribution in [2.45, 2.75) is 19.9 Å². The van der Waals surface area contributed by atoms with Crippen LogP contribution in [0.25, 0.3) is 0 Å². The number of hydrogen-bond donors (Lipinski definition) is 2. The van der Waals surface area contributed by atoms with Crippen LogP contribution in [0.1, 0.15) is 13.3 Å². The third kappa shape index (κ3) is 3.73. The molecular weight excluding hydrogens is 228 g/mol. The van der Waals surface area contributed by atoms with E-state index in [-0.39, 0.29) is 0 Å². The molecule has 0 unspecified atom stereocenters. The Morgan fingerprint density at radius 2 is 2.17 bits per heavy atom. The molecule has 0 fully saturated rings. The Morgan fingerprint density at radius 3 is 2.94 bits per heavy atom. The highest BCUT2D eigenvalue weighted by atomic mass is 15.3. The number of nitrogens with one attached hydrogen (secondary N) is 2. The fourth-order valence-electron chi connectivity index (χ4n) is 1.51. The molecule has 2 aromatic heterocycles. The van der Waals surface area contributed by atoms with Crippen molar-refractivity contribution >= 4 is 11.8 Å². The molecule has 18 heavy (non-hydrogen) atoms. The maximum absolute atomic E-state index is 4.37. The summed E-state index contributed by atoms with van der Waals surface area (Å²) in [5.41, 5.74) is 0. The van der Waals surface area contributed by atoms with Crippen molar-refractivity contribution in [2.75, 3.05) is 23.7 Å². The van der Waals surface area contributed by atoms with Crippen molar-refractivity contribution < 1.29 is 0 Å². The highest BCUT2D eigenvalue weighted by molar-refractivity contribution is 5.39. The molecule has 0 bridgehead atoms. The highest BCUT2D eigenvalue weighted by Gasteiger charge is 1.98. The van der Waals surface area contributed by atoms with Crippen LogP contribution in [0.2, 0.25) is 0 Å². The summed E-state index contributed by atoms with van der Waals surface area (Å²) in [6, 6.07) is 3.78. The molecule has 0 atom stereocenters. The summed E-state index contributed by atoms with van der Waals surface area (Å²) >= 11 is 0.